The van der Waals surface area contributed by atoms with Crippen LogP contribution in [0.2, 0.25) is 5.02 Å². The SMILES string of the molecule is COc1ccccc1/C=C/CN(CCN1CCN(C(=O)c2cccc(F)c2)CC1)C(=O)c1ccccc1Cl. The van der Waals surface area contributed by atoms with E-state index in [1.165, 1.54) is 12.1 Å². The smallest absolute Gasteiger partial charge is 0.255 e. The second-order valence-corrected chi connectivity index (χ2v) is 9.43. The van der Waals surface area contributed by atoms with E-state index in [1.54, 1.807) is 53.3 Å². The minimum atomic E-state index is -0.419. The maximum Gasteiger partial charge on any atom is 0.255 e. The summed E-state index contributed by atoms with van der Waals surface area (Å²) in [7, 11) is 1.63. The number of carbonyl (C=O) groups excluding carboxylic acids is 2. The molecule has 1 aliphatic heterocycles. The van der Waals surface area contributed by atoms with Gasteiger partial charge in [-0.1, -0.05) is 60.2 Å². The number of hydrogen-bond acceptors (Lipinski definition) is 4. The van der Waals surface area contributed by atoms with Gasteiger partial charge in [-0.15, -0.1) is 0 Å². The second-order valence-electron chi connectivity index (χ2n) is 9.02. The molecule has 0 unspecified atom stereocenters. The van der Waals surface area contributed by atoms with Crippen LogP contribution in [0.3, 0.4) is 0 Å². The Labute approximate surface area is 227 Å². The first-order valence-corrected chi connectivity index (χ1v) is 12.9. The van der Waals surface area contributed by atoms with Crippen LogP contribution >= 0.6 is 11.6 Å². The van der Waals surface area contributed by atoms with Gasteiger partial charge in [-0.2, -0.15) is 0 Å². The molecule has 0 aliphatic carbocycles. The number of piperazine rings is 1. The summed E-state index contributed by atoms with van der Waals surface area (Å²) in [5.74, 6) is 0.0391. The van der Waals surface area contributed by atoms with Crippen LogP contribution in [-0.4, -0.2) is 79.4 Å². The van der Waals surface area contributed by atoms with E-state index in [4.69, 9.17) is 16.3 Å². The molecule has 8 heteroatoms. The lowest BCUT2D eigenvalue weighted by Crippen LogP contribution is -2.50. The van der Waals surface area contributed by atoms with Crippen LogP contribution in [0, 0.1) is 5.82 Å². The van der Waals surface area contributed by atoms with Crippen LogP contribution in [0.5, 0.6) is 5.75 Å². The number of nitrogens with zero attached hydrogens (tertiary/aromatic N) is 3. The fraction of sp³-hybridized carbons (Fsp3) is 0.267. The Morgan fingerprint density at radius 1 is 1.00 bits per heavy atom. The minimum Gasteiger partial charge on any atom is -0.496 e. The second kappa shape index (κ2) is 13.2. The summed E-state index contributed by atoms with van der Waals surface area (Å²) in [6, 6.07) is 20.5. The molecule has 0 radical (unpaired) electrons. The van der Waals surface area contributed by atoms with Crippen LogP contribution < -0.4 is 4.74 Å². The number of hydrogen-bond donors (Lipinski definition) is 0. The molecule has 6 nitrogen and oxygen atoms in total. The highest BCUT2D eigenvalue weighted by molar-refractivity contribution is 6.33. The number of para-hydroxylation sites is 1. The number of ether oxygens (including phenoxy) is 1. The molecule has 4 rings (SSSR count). The molecule has 0 spiro atoms. The highest BCUT2D eigenvalue weighted by atomic mass is 35.5. The van der Waals surface area contributed by atoms with Crippen molar-refractivity contribution in [2.24, 2.45) is 0 Å². The molecule has 1 fully saturated rings. The largest absolute Gasteiger partial charge is 0.496 e. The van der Waals surface area contributed by atoms with Gasteiger partial charge in [0.25, 0.3) is 11.8 Å². The van der Waals surface area contributed by atoms with Gasteiger partial charge in [-0.3, -0.25) is 14.5 Å². The number of amides is 2. The van der Waals surface area contributed by atoms with Crippen LogP contribution in [-0.2, 0) is 0 Å². The molecule has 0 bridgehead atoms. The first kappa shape index (κ1) is 27.4. The Bertz CT molecular complexity index is 1290. The molecule has 1 heterocycles. The third-order valence-electron chi connectivity index (χ3n) is 6.57. The summed E-state index contributed by atoms with van der Waals surface area (Å²) < 4.78 is 19.0. The third-order valence-corrected chi connectivity index (χ3v) is 6.90. The van der Waals surface area contributed by atoms with E-state index in [1.807, 2.05) is 36.4 Å². The Balaban J connectivity index is 1.39. The lowest BCUT2D eigenvalue weighted by molar-refractivity contribution is 0.0609. The summed E-state index contributed by atoms with van der Waals surface area (Å²) >= 11 is 6.33. The van der Waals surface area contributed by atoms with Gasteiger partial charge in [0.05, 0.1) is 17.7 Å². The summed E-state index contributed by atoms with van der Waals surface area (Å²) in [4.78, 5) is 31.9. The molecule has 0 aromatic heterocycles. The normalized spacial score (nSPS) is 14.0. The van der Waals surface area contributed by atoms with Crippen molar-refractivity contribution in [2.45, 2.75) is 0 Å². The van der Waals surface area contributed by atoms with Gasteiger partial charge < -0.3 is 14.5 Å². The van der Waals surface area contributed by atoms with E-state index in [9.17, 15) is 14.0 Å². The van der Waals surface area contributed by atoms with E-state index in [2.05, 4.69) is 4.90 Å². The average molecular weight is 536 g/mol. The number of methoxy groups -OCH3 is 1. The van der Waals surface area contributed by atoms with Crippen molar-refractivity contribution in [3.8, 4) is 5.75 Å². The van der Waals surface area contributed by atoms with Crippen molar-refractivity contribution in [3.63, 3.8) is 0 Å². The van der Waals surface area contributed by atoms with Crippen molar-refractivity contribution in [3.05, 3.63) is 106 Å². The van der Waals surface area contributed by atoms with Gasteiger partial charge in [0.2, 0.25) is 0 Å². The average Bonchev–Trinajstić information content (AvgIpc) is 2.95. The van der Waals surface area contributed by atoms with Crippen molar-refractivity contribution in [1.82, 2.24) is 14.7 Å². The topological polar surface area (TPSA) is 53.1 Å². The molecule has 2 amide bonds. The molecule has 1 aliphatic rings. The van der Waals surface area contributed by atoms with E-state index < -0.39 is 5.82 Å². The lowest BCUT2D eigenvalue weighted by Gasteiger charge is -2.36. The van der Waals surface area contributed by atoms with Gasteiger partial charge in [0.1, 0.15) is 11.6 Å². The zero-order chi connectivity index (χ0) is 26.9. The first-order valence-electron chi connectivity index (χ1n) is 12.6. The van der Waals surface area contributed by atoms with Gasteiger partial charge in [0.15, 0.2) is 0 Å². The fourth-order valence-electron chi connectivity index (χ4n) is 4.43. The molecule has 0 atom stereocenters. The van der Waals surface area contributed by atoms with Crippen molar-refractivity contribution < 1.29 is 18.7 Å². The zero-order valence-electron chi connectivity index (χ0n) is 21.4. The van der Waals surface area contributed by atoms with E-state index >= 15 is 0 Å². The van der Waals surface area contributed by atoms with E-state index in [0.717, 1.165) is 11.3 Å². The summed E-state index contributed by atoms with van der Waals surface area (Å²) in [6.07, 6.45) is 3.89. The van der Waals surface area contributed by atoms with Gasteiger partial charge >= 0.3 is 0 Å². The van der Waals surface area contributed by atoms with Crippen LogP contribution in [0.1, 0.15) is 26.3 Å². The molecule has 38 heavy (non-hydrogen) atoms. The minimum absolute atomic E-state index is 0.139. The number of halogens is 2. The molecule has 0 saturated carbocycles. The molecule has 3 aromatic rings. The summed E-state index contributed by atoms with van der Waals surface area (Å²) in [5, 5.41) is 0.417. The fourth-order valence-corrected chi connectivity index (χ4v) is 4.65. The molecular formula is C30H31ClFN3O3. The first-order chi connectivity index (χ1) is 18.5. The quantitative estimate of drug-likeness (QED) is 0.382. The molecule has 1 saturated heterocycles. The van der Waals surface area contributed by atoms with Crippen LogP contribution in [0.15, 0.2) is 78.9 Å². The molecule has 198 valence electrons. The highest BCUT2D eigenvalue weighted by Crippen LogP contribution is 2.20. The Morgan fingerprint density at radius 3 is 2.47 bits per heavy atom. The number of benzene rings is 3. The van der Waals surface area contributed by atoms with Gasteiger partial charge in [-0.25, -0.2) is 4.39 Å². The maximum atomic E-state index is 13.5. The van der Waals surface area contributed by atoms with Crippen molar-refractivity contribution in [2.75, 3.05) is 52.9 Å². The van der Waals surface area contributed by atoms with Gasteiger partial charge in [-0.05, 0) is 36.4 Å². The molecule has 3 aromatic carbocycles. The van der Waals surface area contributed by atoms with E-state index in [-0.39, 0.29) is 11.8 Å². The number of rotatable bonds is 9. The zero-order valence-corrected chi connectivity index (χ0v) is 22.1. The maximum absolute atomic E-state index is 13.5. The van der Waals surface area contributed by atoms with Crippen LogP contribution in [0.4, 0.5) is 4.39 Å². The third kappa shape index (κ3) is 7.00. The predicted molar refractivity (Wildman–Crippen MR) is 148 cm³/mol. The van der Waals surface area contributed by atoms with Crippen molar-refractivity contribution in [1.29, 1.82) is 0 Å². The summed E-state index contributed by atoms with van der Waals surface area (Å²) in [5.41, 5.74) is 1.75. The predicted octanol–water partition coefficient (Wildman–Crippen LogP) is 5.10. The Kier molecular flexibility index (Phi) is 9.51. The number of carbonyl (C=O) groups is 2. The highest BCUT2D eigenvalue weighted by Gasteiger charge is 2.24. The van der Waals surface area contributed by atoms with Crippen molar-refractivity contribution >= 4 is 29.5 Å². The monoisotopic (exact) mass is 535 g/mol. The Hall–Kier alpha value is -3.68. The Morgan fingerprint density at radius 2 is 1.74 bits per heavy atom. The standard InChI is InChI=1S/C30H31ClFN3O3/c1-38-28-14-5-2-8-23(28)10-7-15-34(30(37)26-12-3-4-13-27(26)31)19-16-33-17-20-35(21-18-33)29(36)24-9-6-11-25(32)22-24/h2-14,22H,15-21H2,1H3/b10-7+. The molecule has 0 N–H and O–H groups in total. The molecular weight excluding hydrogens is 505 g/mol. The van der Waals surface area contributed by atoms with Crippen LogP contribution in [0.25, 0.3) is 6.08 Å². The van der Waals surface area contributed by atoms with E-state index in [0.29, 0.717) is 62.0 Å². The van der Waals surface area contributed by atoms with Gasteiger partial charge in [0, 0.05) is 56.9 Å². The summed E-state index contributed by atoms with van der Waals surface area (Å²) in [6.45, 7) is 3.99. The lowest BCUT2D eigenvalue weighted by atomic mass is 10.1.